The van der Waals surface area contributed by atoms with Gasteiger partial charge in [-0.15, -0.1) is 0 Å². The Morgan fingerprint density at radius 3 is 2.44 bits per heavy atom. The van der Waals surface area contributed by atoms with Crippen LogP contribution in [0, 0.1) is 0 Å². The van der Waals surface area contributed by atoms with Gasteiger partial charge in [0.05, 0.1) is 5.56 Å². The van der Waals surface area contributed by atoms with Crippen molar-refractivity contribution in [1.82, 2.24) is 5.32 Å². The summed E-state index contributed by atoms with van der Waals surface area (Å²) in [6.45, 7) is 1.76. The minimum atomic E-state index is -4.52. The average Bonchev–Trinajstić information content (AvgIpc) is 2.78. The molecule has 1 unspecified atom stereocenters. The Morgan fingerprint density at radius 2 is 1.79 bits per heavy atom. The third-order valence-electron chi connectivity index (χ3n) is 6.21. The molecular formula is C26H26F3N3O2. The van der Waals surface area contributed by atoms with E-state index in [4.69, 9.17) is 0 Å². The van der Waals surface area contributed by atoms with Crippen LogP contribution in [0.3, 0.4) is 0 Å². The molecule has 0 saturated carbocycles. The van der Waals surface area contributed by atoms with Crippen molar-refractivity contribution >= 4 is 23.1 Å². The Hall–Kier alpha value is -3.55. The van der Waals surface area contributed by atoms with Crippen LogP contribution in [0.5, 0.6) is 0 Å². The summed E-state index contributed by atoms with van der Waals surface area (Å²) in [5.74, 6) is -1.17. The minimum Gasteiger partial charge on any atom is -0.378 e. The van der Waals surface area contributed by atoms with Crippen molar-refractivity contribution < 1.29 is 22.8 Å². The van der Waals surface area contributed by atoms with Crippen molar-refractivity contribution in [2.45, 2.75) is 38.3 Å². The van der Waals surface area contributed by atoms with Crippen LogP contribution in [0.2, 0.25) is 0 Å². The van der Waals surface area contributed by atoms with Crippen LogP contribution in [0.15, 0.2) is 71.1 Å². The van der Waals surface area contributed by atoms with Crippen molar-refractivity contribution in [2.75, 3.05) is 24.3 Å². The average molecular weight is 470 g/mol. The second-order valence-electron chi connectivity index (χ2n) is 8.78. The molecule has 0 fully saturated rings. The summed E-state index contributed by atoms with van der Waals surface area (Å²) in [6, 6.07) is 12.1. The number of carbonyl (C=O) groups excluding carboxylic acids is 2. The van der Waals surface area contributed by atoms with Crippen molar-refractivity contribution in [3.63, 3.8) is 0 Å². The van der Waals surface area contributed by atoms with Crippen LogP contribution in [-0.4, -0.2) is 25.8 Å². The number of rotatable bonds is 4. The second-order valence-corrected chi connectivity index (χ2v) is 8.78. The summed E-state index contributed by atoms with van der Waals surface area (Å²) in [5, 5.41) is 5.84. The fourth-order valence-corrected chi connectivity index (χ4v) is 4.55. The van der Waals surface area contributed by atoms with E-state index in [1.807, 2.05) is 43.3 Å². The Morgan fingerprint density at radius 1 is 1.09 bits per heavy atom. The lowest BCUT2D eigenvalue weighted by molar-refractivity contribution is -0.137. The topological polar surface area (TPSA) is 61.4 Å². The van der Waals surface area contributed by atoms with Gasteiger partial charge >= 0.3 is 6.18 Å². The molecule has 0 radical (unpaired) electrons. The predicted octanol–water partition coefficient (Wildman–Crippen LogP) is 5.38. The van der Waals surface area contributed by atoms with Gasteiger partial charge in [-0.1, -0.05) is 18.2 Å². The van der Waals surface area contributed by atoms with Crippen LogP contribution < -0.4 is 15.5 Å². The van der Waals surface area contributed by atoms with E-state index in [0.29, 0.717) is 29.7 Å². The molecule has 2 aromatic rings. The number of alkyl halides is 3. The van der Waals surface area contributed by atoms with Crippen molar-refractivity contribution in [3.8, 4) is 0 Å². The molecule has 0 aromatic heterocycles. The Kier molecular flexibility index (Phi) is 6.25. The summed E-state index contributed by atoms with van der Waals surface area (Å²) in [5.41, 5.74) is 3.22. The number of anilines is 2. The molecule has 2 N–H and O–H groups in total. The van der Waals surface area contributed by atoms with Gasteiger partial charge in [-0.2, -0.15) is 13.2 Å². The summed E-state index contributed by atoms with van der Waals surface area (Å²) < 4.78 is 39.4. The number of carbonyl (C=O) groups is 2. The number of Topliss-reactive ketones (excluding diaryl/α,β-unsaturated/α-hetero) is 1. The highest BCUT2D eigenvalue weighted by molar-refractivity contribution is 6.09. The Balaban J connectivity index is 1.75. The molecule has 1 amide bonds. The molecule has 1 aliphatic heterocycles. The van der Waals surface area contributed by atoms with Gasteiger partial charge in [0.15, 0.2) is 5.78 Å². The van der Waals surface area contributed by atoms with E-state index in [1.165, 1.54) is 12.1 Å². The first-order chi connectivity index (χ1) is 16.1. The van der Waals surface area contributed by atoms with E-state index >= 15 is 0 Å². The number of benzene rings is 2. The molecule has 0 spiro atoms. The summed E-state index contributed by atoms with van der Waals surface area (Å²) in [4.78, 5) is 28.4. The molecule has 0 bridgehead atoms. The number of nitrogens with zero attached hydrogens (tertiary/aromatic N) is 1. The quantitative estimate of drug-likeness (QED) is 0.632. The SMILES string of the molecule is CC1=C(C(=O)Nc2cccc(C(F)(F)F)c2)C(c2ccc(N(C)C)cc2)C2=C(CCCC2=O)N1. The largest absolute Gasteiger partial charge is 0.416 e. The number of hydrogen-bond acceptors (Lipinski definition) is 4. The molecular weight excluding hydrogens is 443 g/mol. The third-order valence-corrected chi connectivity index (χ3v) is 6.21. The van der Waals surface area contributed by atoms with Crippen molar-refractivity contribution in [2.24, 2.45) is 0 Å². The number of ketones is 1. The maximum Gasteiger partial charge on any atom is 0.416 e. The van der Waals surface area contributed by atoms with E-state index in [1.54, 1.807) is 6.92 Å². The van der Waals surface area contributed by atoms with Crippen LogP contribution in [0.4, 0.5) is 24.5 Å². The monoisotopic (exact) mass is 469 g/mol. The van der Waals surface area contributed by atoms with Crippen LogP contribution in [0.1, 0.15) is 43.2 Å². The highest BCUT2D eigenvalue weighted by Gasteiger charge is 2.38. The molecule has 2 aromatic carbocycles. The van der Waals surface area contributed by atoms with E-state index in [2.05, 4.69) is 10.6 Å². The van der Waals surface area contributed by atoms with Crippen LogP contribution in [-0.2, 0) is 15.8 Å². The zero-order chi connectivity index (χ0) is 24.6. The van der Waals surface area contributed by atoms with E-state index in [0.717, 1.165) is 35.5 Å². The molecule has 4 rings (SSSR count). The first-order valence-electron chi connectivity index (χ1n) is 11.1. The highest BCUT2D eigenvalue weighted by Crippen LogP contribution is 2.43. The fraction of sp³-hybridized carbons (Fsp3) is 0.308. The molecule has 2 aliphatic rings. The van der Waals surface area contributed by atoms with Gasteiger partial charge in [0.1, 0.15) is 0 Å². The highest BCUT2D eigenvalue weighted by atomic mass is 19.4. The van der Waals surface area contributed by atoms with Crippen molar-refractivity contribution in [1.29, 1.82) is 0 Å². The van der Waals surface area contributed by atoms with Gasteiger partial charge in [-0.3, -0.25) is 9.59 Å². The summed E-state index contributed by atoms with van der Waals surface area (Å²) in [6.07, 6.45) is -2.69. The number of halogens is 3. The summed E-state index contributed by atoms with van der Waals surface area (Å²) >= 11 is 0. The number of nitrogens with one attached hydrogen (secondary N) is 2. The van der Waals surface area contributed by atoms with Crippen LogP contribution in [0.25, 0.3) is 0 Å². The lowest BCUT2D eigenvalue weighted by atomic mass is 9.75. The number of amides is 1. The lowest BCUT2D eigenvalue weighted by Gasteiger charge is -2.34. The number of dihydropyridines is 1. The maximum absolute atomic E-state index is 13.4. The standard InChI is InChI=1S/C26H26F3N3O2/c1-15-22(25(34)31-18-7-4-6-17(14-18)26(27,28)29)23(16-10-12-19(13-11-16)32(2)3)24-20(30-15)8-5-9-21(24)33/h4,6-7,10-14,23,30H,5,8-9H2,1-3H3,(H,31,34). The summed E-state index contributed by atoms with van der Waals surface area (Å²) in [7, 11) is 3.84. The Bertz CT molecular complexity index is 1190. The smallest absolute Gasteiger partial charge is 0.378 e. The van der Waals surface area contributed by atoms with Gasteiger partial charge in [0.2, 0.25) is 0 Å². The molecule has 178 valence electrons. The zero-order valence-electron chi connectivity index (χ0n) is 19.2. The maximum atomic E-state index is 13.4. The van der Waals surface area contributed by atoms with E-state index < -0.39 is 23.6 Å². The molecule has 8 heteroatoms. The van der Waals surface area contributed by atoms with Gasteiger partial charge in [0, 0.05) is 60.3 Å². The molecule has 0 saturated heterocycles. The molecule has 1 atom stereocenters. The van der Waals surface area contributed by atoms with Gasteiger partial charge < -0.3 is 15.5 Å². The second kappa shape index (κ2) is 9.00. The minimum absolute atomic E-state index is 0.0210. The first kappa shape index (κ1) is 23.6. The number of allylic oxidation sites excluding steroid dienone is 3. The predicted molar refractivity (Wildman–Crippen MR) is 125 cm³/mol. The van der Waals surface area contributed by atoms with E-state index in [-0.39, 0.29) is 11.5 Å². The zero-order valence-corrected chi connectivity index (χ0v) is 19.2. The Labute approximate surface area is 196 Å². The van der Waals surface area contributed by atoms with Crippen molar-refractivity contribution in [3.05, 3.63) is 82.2 Å². The van der Waals surface area contributed by atoms with Gasteiger partial charge in [-0.05, 0) is 55.7 Å². The molecule has 5 nitrogen and oxygen atoms in total. The molecule has 1 heterocycles. The fourth-order valence-electron chi connectivity index (χ4n) is 4.55. The van der Waals surface area contributed by atoms with E-state index in [9.17, 15) is 22.8 Å². The normalized spacial score (nSPS) is 18.4. The molecule has 34 heavy (non-hydrogen) atoms. The third kappa shape index (κ3) is 4.58. The molecule has 1 aliphatic carbocycles. The number of hydrogen-bond donors (Lipinski definition) is 2. The van der Waals surface area contributed by atoms with Gasteiger partial charge in [0.25, 0.3) is 5.91 Å². The van der Waals surface area contributed by atoms with Crippen LogP contribution >= 0.6 is 0 Å². The lowest BCUT2D eigenvalue weighted by Crippen LogP contribution is -2.35. The van der Waals surface area contributed by atoms with Gasteiger partial charge in [-0.25, -0.2) is 0 Å². The first-order valence-corrected chi connectivity index (χ1v) is 11.1.